The number of benzene rings is 4. The van der Waals surface area contributed by atoms with E-state index in [-0.39, 0.29) is 11.8 Å². The molecule has 156 valence electrons. The second-order valence-corrected chi connectivity index (χ2v) is 8.58. The first kappa shape index (κ1) is 20.2. The molecule has 0 aliphatic rings. The van der Waals surface area contributed by atoms with Gasteiger partial charge < -0.3 is 5.32 Å². The topological polar surface area (TPSA) is 42.0 Å². The highest BCUT2D eigenvalue weighted by molar-refractivity contribution is 7.14. The molecule has 0 unspecified atom stereocenters. The van der Waals surface area contributed by atoms with Crippen LogP contribution in [0.3, 0.4) is 0 Å². The lowest BCUT2D eigenvalue weighted by molar-refractivity contribution is -0.116. The van der Waals surface area contributed by atoms with E-state index >= 15 is 0 Å². The van der Waals surface area contributed by atoms with Crippen molar-refractivity contribution < 1.29 is 4.79 Å². The summed E-state index contributed by atoms with van der Waals surface area (Å²) < 4.78 is 0. The molecule has 0 saturated heterocycles. The fourth-order valence-electron chi connectivity index (χ4n) is 3.97. The normalized spacial score (nSPS) is 11.0. The quantitative estimate of drug-likeness (QED) is 0.309. The van der Waals surface area contributed by atoms with E-state index in [1.54, 1.807) is 0 Å². The molecule has 0 bridgehead atoms. The molecule has 0 aliphatic carbocycles. The van der Waals surface area contributed by atoms with E-state index in [4.69, 9.17) is 0 Å². The van der Waals surface area contributed by atoms with Crippen LogP contribution in [0.1, 0.15) is 23.5 Å². The number of fused-ring (bicyclic) bond motifs is 1. The fraction of sp³-hybridized carbons (Fsp3) is 0.0714. The molecule has 0 fully saturated rings. The number of rotatable bonds is 6. The van der Waals surface area contributed by atoms with Gasteiger partial charge in [-0.3, -0.25) is 4.79 Å². The van der Waals surface area contributed by atoms with E-state index in [1.165, 1.54) is 22.1 Å². The SMILES string of the molecule is O=C(CC(c1ccccc1)c1ccccc1)Nc1nc(-c2ccc3ccccc3c2)cs1. The highest BCUT2D eigenvalue weighted by Gasteiger charge is 2.19. The molecule has 0 radical (unpaired) electrons. The minimum Gasteiger partial charge on any atom is -0.302 e. The third-order valence-electron chi connectivity index (χ3n) is 5.59. The lowest BCUT2D eigenvalue weighted by atomic mass is 9.88. The minimum absolute atomic E-state index is 0.00248. The van der Waals surface area contributed by atoms with E-state index in [0.29, 0.717) is 11.6 Å². The van der Waals surface area contributed by atoms with E-state index in [1.807, 2.05) is 53.9 Å². The minimum atomic E-state index is -0.0397. The van der Waals surface area contributed by atoms with Crippen LogP contribution in [0.5, 0.6) is 0 Å². The number of nitrogens with one attached hydrogen (secondary N) is 1. The van der Waals surface area contributed by atoms with Crippen LogP contribution in [0, 0.1) is 0 Å². The molecule has 1 heterocycles. The molecule has 4 heteroatoms. The Kier molecular flexibility index (Phi) is 5.77. The molecule has 0 spiro atoms. The van der Waals surface area contributed by atoms with Gasteiger partial charge in [-0.15, -0.1) is 11.3 Å². The Morgan fingerprint density at radius 2 is 1.41 bits per heavy atom. The number of hydrogen-bond acceptors (Lipinski definition) is 3. The molecule has 1 amide bonds. The van der Waals surface area contributed by atoms with Crippen LogP contribution in [0.25, 0.3) is 22.0 Å². The van der Waals surface area contributed by atoms with Crippen LogP contribution in [0.15, 0.2) is 109 Å². The van der Waals surface area contributed by atoms with Crippen LogP contribution < -0.4 is 5.32 Å². The summed E-state index contributed by atoms with van der Waals surface area (Å²) in [6, 6.07) is 34.9. The van der Waals surface area contributed by atoms with Crippen molar-refractivity contribution in [1.82, 2.24) is 4.98 Å². The number of carbonyl (C=O) groups excluding carboxylic acids is 1. The van der Waals surface area contributed by atoms with E-state index in [2.05, 4.69) is 64.9 Å². The average Bonchev–Trinajstić information content (AvgIpc) is 3.31. The number of nitrogens with zero attached hydrogens (tertiary/aromatic N) is 1. The second-order valence-electron chi connectivity index (χ2n) is 7.73. The number of aromatic nitrogens is 1. The number of amides is 1. The van der Waals surface area contributed by atoms with Crippen molar-refractivity contribution in [3.8, 4) is 11.3 Å². The molecule has 1 aromatic heterocycles. The highest BCUT2D eigenvalue weighted by Crippen LogP contribution is 2.30. The molecular formula is C28H22N2OS. The van der Waals surface area contributed by atoms with Gasteiger partial charge in [0.2, 0.25) is 5.91 Å². The fourth-order valence-corrected chi connectivity index (χ4v) is 4.70. The zero-order chi connectivity index (χ0) is 21.8. The van der Waals surface area contributed by atoms with Crippen LogP contribution >= 0.6 is 11.3 Å². The largest absolute Gasteiger partial charge is 0.302 e. The van der Waals surface area contributed by atoms with Crippen molar-refractivity contribution in [2.24, 2.45) is 0 Å². The van der Waals surface area contributed by atoms with Gasteiger partial charge in [-0.1, -0.05) is 97.1 Å². The van der Waals surface area contributed by atoms with Crippen molar-refractivity contribution in [3.63, 3.8) is 0 Å². The standard InChI is InChI=1S/C28H22N2OS/c31-27(18-25(21-10-3-1-4-11-21)22-12-5-2-6-13-22)30-28-29-26(19-32-28)24-16-15-20-9-7-8-14-23(20)17-24/h1-17,19,25H,18H2,(H,29,30,31). The maximum atomic E-state index is 12.9. The summed E-state index contributed by atoms with van der Waals surface area (Å²) in [6.45, 7) is 0. The first-order valence-corrected chi connectivity index (χ1v) is 11.5. The van der Waals surface area contributed by atoms with Gasteiger partial charge in [0.25, 0.3) is 0 Å². The molecule has 32 heavy (non-hydrogen) atoms. The Morgan fingerprint density at radius 1 is 0.781 bits per heavy atom. The average molecular weight is 435 g/mol. The molecule has 1 N–H and O–H groups in total. The lowest BCUT2D eigenvalue weighted by Gasteiger charge is -2.17. The summed E-state index contributed by atoms with van der Waals surface area (Å²) in [5.41, 5.74) is 4.18. The smallest absolute Gasteiger partial charge is 0.227 e. The number of thiazole rings is 1. The predicted molar refractivity (Wildman–Crippen MR) is 133 cm³/mol. The van der Waals surface area contributed by atoms with Gasteiger partial charge >= 0.3 is 0 Å². The zero-order valence-corrected chi connectivity index (χ0v) is 18.3. The summed E-state index contributed by atoms with van der Waals surface area (Å²) in [4.78, 5) is 17.6. The molecule has 0 aliphatic heterocycles. The molecule has 5 rings (SSSR count). The Morgan fingerprint density at radius 3 is 2.09 bits per heavy atom. The van der Waals surface area contributed by atoms with Crippen LogP contribution in [0.4, 0.5) is 5.13 Å². The van der Waals surface area contributed by atoms with Gasteiger partial charge in [-0.2, -0.15) is 0 Å². The molecule has 4 aromatic carbocycles. The molecular weight excluding hydrogens is 412 g/mol. The van der Waals surface area contributed by atoms with Gasteiger partial charge in [0.05, 0.1) is 5.69 Å². The van der Waals surface area contributed by atoms with Crippen molar-refractivity contribution >= 4 is 33.1 Å². The van der Waals surface area contributed by atoms with Gasteiger partial charge in [0.1, 0.15) is 0 Å². The van der Waals surface area contributed by atoms with Gasteiger partial charge in [-0.05, 0) is 28.0 Å². The molecule has 0 atom stereocenters. The van der Waals surface area contributed by atoms with Crippen molar-refractivity contribution in [1.29, 1.82) is 0 Å². The second kappa shape index (κ2) is 9.16. The third kappa shape index (κ3) is 4.46. The van der Waals surface area contributed by atoms with Gasteiger partial charge in [-0.25, -0.2) is 4.98 Å². The number of anilines is 1. The van der Waals surface area contributed by atoms with Crippen LogP contribution in [-0.2, 0) is 4.79 Å². The monoisotopic (exact) mass is 434 g/mol. The van der Waals surface area contributed by atoms with Crippen molar-refractivity contribution in [2.75, 3.05) is 5.32 Å². The molecule has 0 saturated carbocycles. The van der Waals surface area contributed by atoms with E-state index in [0.717, 1.165) is 22.4 Å². The molecule has 5 aromatic rings. The first-order valence-electron chi connectivity index (χ1n) is 10.6. The van der Waals surface area contributed by atoms with E-state index in [9.17, 15) is 4.79 Å². The first-order chi connectivity index (χ1) is 15.8. The Labute approximate surface area is 191 Å². The summed E-state index contributed by atoms with van der Waals surface area (Å²) >= 11 is 1.45. The zero-order valence-electron chi connectivity index (χ0n) is 17.4. The number of hydrogen-bond donors (Lipinski definition) is 1. The third-order valence-corrected chi connectivity index (χ3v) is 6.35. The maximum Gasteiger partial charge on any atom is 0.227 e. The summed E-state index contributed by atoms with van der Waals surface area (Å²) in [5, 5.41) is 8.00. The highest BCUT2D eigenvalue weighted by atomic mass is 32.1. The predicted octanol–water partition coefficient (Wildman–Crippen LogP) is 7.12. The van der Waals surface area contributed by atoms with Gasteiger partial charge in [0.15, 0.2) is 5.13 Å². The lowest BCUT2D eigenvalue weighted by Crippen LogP contribution is -2.16. The van der Waals surface area contributed by atoms with Gasteiger partial charge in [0, 0.05) is 23.3 Å². The Bertz CT molecular complexity index is 1310. The number of carbonyl (C=O) groups is 1. The maximum absolute atomic E-state index is 12.9. The summed E-state index contributed by atoms with van der Waals surface area (Å²) in [7, 11) is 0. The summed E-state index contributed by atoms with van der Waals surface area (Å²) in [6.07, 6.45) is 0.360. The van der Waals surface area contributed by atoms with Crippen LogP contribution in [-0.4, -0.2) is 10.9 Å². The Hall–Kier alpha value is -3.76. The Balaban J connectivity index is 1.33. The van der Waals surface area contributed by atoms with Crippen molar-refractivity contribution in [2.45, 2.75) is 12.3 Å². The summed E-state index contributed by atoms with van der Waals surface area (Å²) in [5.74, 6) is -0.0422. The van der Waals surface area contributed by atoms with Crippen LogP contribution in [0.2, 0.25) is 0 Å². The molecule has 3 nitrogen and oxygen atoms in total. The van der Waals surface area contributed by atoms with Crippen molar-refractivity contribution in [3.05, 3.63) is 120 Å². The van der Waals surface area contributed by atoms with E-state index < -0.39 is 0 Å².